The highest BCUT2D eigenvalue weighted by molar-refractivity contribution is 6.02. The van der Waals surface area contributed by atoms with Crippen molar-refractivity contribution in [1.29, 1.82) is 0 Å². The third-order valence-electron chi connectivity index (χ3n) is 3.92. The van der Waals surface area contributed by atoms with Crippen LogP contribution in [0.25, 0.3) is 0 Å². The average molecular weight is 417 g/mol. The summed E-state index contributed by atoms with van der Waals surface area (Å²) >= 11 is 0. The molecule has 0 aliphatic carbocycles. The summed E-state index contributed by atoms with van der Waals surface area (Å²) in [4.78, 5) is 47.0. The molecule has 0 aliphatic heterocycles. The van der Waals surface area contributed by atoms with Crippen LogP contribution in [0.5, 0.6) is 11.5 Å². The van der Waals surface area contributed by atoms with Gasteiger partial charge in [0.05, 0.1) is 42.4 Å². The maximum atomic E-state index is 12.4. The molecule has 0 saturated carbocycles. The van der Waals surface area contributed by atoms with E-state index in [0.717, 1.165) is 18.2 Å². The zero-order valence-electron chi connectivity index (χ0n) is 16.5. The number of rotatable bonds is 9. The van der Waals surface area contributed by atoms with Crippen molar-refractivity contribution >= 4 is 23.4 Å². The zero-order valence-corrected chi connectivity index (χ0v) is 16.5. The summed E-state index contributed by atoms with van der Waals surface area (Å²) in [5.74, 6) is -1.68. The van der Waals surface area contributed by atoms with Gasteiger partial charge < -0.3 is 18.9 Å². The first-order chi connectivity index (χ1) is 14.3. The molecule has 158 valence electrons. The molecule has 10 heteroatoms. The van der Waals surface area contributed by atoms with Gasteiger partial charge in [-0.1, -0.05) is 0 Å². The number of hydrogen-bond acceptors (Lipinski definition) is 9. The fourth-order valence-electron chi connectivity index (χ4n) is 2.49. The van der Waals surface area contributed by atoms with E-state index in [2.05, 4.69) is 0 Å². The van der Waals surface area contributed by atoms with Crippen molar-refractivity contribution in [2.45, 2.75) is 6.92 Å². The number of nitro benzene ring substituents is 1. The second-order valence-electron chi connectivity index (χ2n) is 5.81. The van der Waals surface area contributed by atoms with E-state index < -0.39 is 34.9 Å². The van der Waals surface area contributed by atoms with Gasteiger partial charge in [-0.25, -0.2) is 9.59 Å². The molecule has 0 fully saturated rings. The van der Waals surface area contributed by atoms with Crippen molar-refractivity contribution in [3.63, 3.8) is 0 Å². The summed E-state index contributed by atoms with van der Waals surface area (Å²) in [5.41, 5.74) is -0.768. The SMILES string of the molecule is CCOC(=O)c1cc(C(=O)OCC(=O)c2ccc(OC)cc2OC)cc([N+](=O)[O-])c1. The zero-order chi connectivity index (χ0) is 22.3. The van der Waals surface area contributed by atoms with Gasteiger partial charge in [-0.2, -0.15) is 0 Å². The maximum Gasteiger partial charge on any atom is 0.338 e. The number of nitrogens with zero attached hydrogens (tertiary/aromatic N) is 1. The highest BCUT2D eigenvalue weighted by Gasteiger charge is 2.21. The summed E-state index contributed by atoms with van der Waals surface area (Å²) < 4.78 is 20.0. The van der Waals surface area contributed by atoms with E-state index in [0.29, 0.717) is 5.75 Å². The number of nitro groups is 1. The van der Waals surface area contributed by atoms with Crippen molar-refractivity contribution in [3.8, 4) is 11.5 Å². The first kappa shape index (κ1) is 22.3. The largest absolute Gasteiger partial charge is 0.497 e. The fourth-order valence-corrected chi connectivity index (χ4v) is 2.49. The average Bonchev–Trinajstić information content (AvgIpc) is 2.76. The number of ether oxygens (including phenoxy) is 4. The summed E-state index contributed by atoms with van der Waals surface area (Å²) in [6.45, 7) is 0.988. The smallest absolute Gasteiger partial charge is 0.338 e. The Hall–Kier alpha value is -3.95. The highest BCUT2D eigenvalue weighted by atomic mass is 16.6. The van der Waals surface area contributed by atoms with Gasteiger partial charge in [0.25, 0.3) is 5.69 Å². The molecule has 2 aromatic carbocycles. The first-order valence-corrected chi connectivity index (χ1v) is 8.69. The molecule has 0 aliphatic rings. The van der Waals surface area contributed by atoms with Crippen LogP contribution in [0, 0.1) is 10.1 Å². The summed E-state index contributed by atoms with van der Waals surface area (Å²) in [5, 5.41) is 11.1. The van der Waals surface area contributed by atoms with E-state index in [1.165, 1.54) is 26.4 Å². The number of esters is 2. The monoisotopic (exact) mass is 417 g/mol. The molecule has 0 N–H and O–H groups in total. The molecule has 0 atom stereocenters. The van der Waals surface area contributed by atoms with Crippen molar-refractivity contribution in [2.75, 3.05) is 27.4 Å². The van der Waals surface area contributed by atoms with E-state index in [-0.39, 0.29) is 29.0 Å². The number of methoxy groups -OCH3 is 2. The molecule has 0 spiro atoms. The molecule has 0 aromatic heterocycles. The summed E-state index contributed by atoms with van der Waals surface area (Å²) in [7, 11) is 2.83. The maximum absolute atomic E-state index is 12.4. The van der Waals surface area contributed by atoms with Crippen LogP contribution >= 0.6 is 0 Å². The Bertz CT molecular complexity index is 984. The standard InChI is InChI=1S/C20H19NO9/c1-4-29-19(23)12-7-13(9-14(8-12)21(25)26)20(24)30-11-17(22)16-6-5-15(27-2)10-18(16)28-3/h5-10H,4,11H2,1-3H3. The predicted molar refractivity (Wildman–Crippen MR) is 103 cm³/mol. The fraction of sp³-hybridized carbons (Fsp3) is 0.250. The second-order valence-corrected chi connectivity index (χ2v) is 5.81. The molecule has 30 heavy (non-hydrogen) atoms. The van der Waals surface area contributed by atoms with Crippen molar-refractivity contribution in [2.24, 2.45) is 0 Å². The quantitative estimate of drug-likeness (QED) is 0.261. The minimum absolute atomic E-state index is 0.0551. The Morgan fingerprint density at radius 1 is 0.933 bits per heavy atom. The van der Waals surface area contributed by atoms with E-state index in [1.54, 1.807) is 13.0 Å². The van der Waals surface area contributed by atoms with Gasteiger partial charge in [0, 0.05) is 18.2 Å². The Labute approximate surface area is 171 Å². The minimum atomic E-state index is -1.01. The molecule has 0 unspecified atom stereocenters. The van der Waals surface area contributed by atoms with Crippen molar-refractivity contribution in [3.05, 3.63) is 63.2 Å². The van der Waals surface area contributed by atoms with Gasteiger partial charge >= 0.3 is 11.9 Å². The number of carbonyl (C=O) groups excluding carboxylic acids is 3. The lowest BCUT2D eigenvalue weighted by atomic mass is 10.1. The van der Waals surface area contributed by atoms with Crippen molar-refractivity contribution in [1.82, 2.24) is 0 Å². The van der Waals surface area contributed by atoms with Crippen LogP contribution in [0.2, 0.25) is 0 Å². The van der Waals surface area contributed by atoms with E-state index in [4.69, 9.17) is 18.9 Å². The molecule has 0 radical (unpaired) electrons. The van der Waals surface area contributed by atoms with E-state index >= 15 is 0 Å². The lowest BCUT2D eigenvalue weighted by Gasteiger charge is -2.10. The Balaban J connectivity index is 2.20. The van der Waals surface area contributed by atoms with Crippen molar-refractivity contribution < 1.29 is 38.3 Å². The second kappa shape index (κ2) is 10.0. The molecular formula is C20H19NO9. The topological polar surface area (TPSA) is 131 Å². The van der Waals surface area contributed by atoms with Crippen LogP contribution in [0.3, 0.4) is 0 Å². The van der Waals surface area contributed by atoms with Crippen LogP contribution in [-0.4, -0.2) is 50.1 Å². The molecule has 0 saturated heterocycles. The third-order valence-corrected chi connectivity index (χ3v) is 3.92. The minimum Gasteiger partial charge on any atom is -0.497 e. The lowest BCUT2D eigenvalue weighted by molar-refractivity contribution is -0.384. The Morgan fingerprint density at radius 2 is 1.57 bits per heavy atom. The van der Waals surface area contributed by atoms with Crippen LogP contribution in [0.4, 0.5) is 5.69 Å². The number of carbonyl (C=O) groups is 3. The van der Waals surface area contributed by atoms with Crippen LogP contribution in [0.15, 0.2) is 36.4 Å². The number of ketones is 1. The molecule has 2 aromatic rings. The number of Topliss-reactive ketones (excluding diaryl/α,β-unsaturated/α-hetero) is 1. The molecule has 0 heterocycles. The van der Waals surface area contributed by atoms with Gasteiger partial charge in [0.1, 0.15) is 11.5 Å². The molecular weight excluding hydrogens is 398 g/mol. The lowest BCUT2D eigenvalue weighted by Crippen LogP contribution is -2.16. The Kier molecular flexibility index (Phi) is 7.45. The third kappa shape index (κ3) is 5.31. The molecule has 0 bridgehead atoms. The molecule has 2 rings (SSSR count). The number of hydrogen-bond donors (Lipinski definition) is 0. The highest BCUT2D eigenvalue weighted by Crippen LogP contribution is 2.25. The van der Waals surface area contributed by atoms with E-state index in [9.17, 15) is 24.5 Å². The van der Waals surface area contributed by atoms with Crippen LogP contribution < -0.4 is 9.47 Å². The predicted octanol–water partition coefficient (Wildman–Crippen LogP) is 2.83. The van der Waals surface area contributed by atoms with Gasteiger partial charge in [0.15, 0.2) is 6.61 Å². The van der Waals surface area contributed by atoms with Gasteiger partial charge in [-0.15, -0.1) is 0 Å². The van der Waals surface area contributed by atoms with Crippen LogP contribution in [0.1, 0.15) is 38.0 Å². The van der Waals surface area contributed by atoms with Crippen LogP contribution in [-0.2, 0) is 9.47 Å². The van der Waals surface area contributed by atoms with Gasteiger partial charge in [-0.05, 0) is 25.1 Å². The van der Waals surface area contributed by atoms with Gasteiger partial charge in [0.2, 0.25) is 5.78 Å². The number of benzene rings is 2. The molecule has 0 amide bonds. The number of non-ortho nitro benzene ring substituents is 1. The van der Waals surface area contributed by atoms with E-state index in [1.807, 2.05) is 0 Å². The molecule has 10 nitrogen and oxygen atoms in total. The summed E-state index contributed by atoms with van der Waals surface area (Å²) in [6, 6.07) is 7.54. The first-order valence-electron chi connectivity index (χ1n) is 8.69. The Morgan fingerprint density at radius 3 is 2.10 bits per heavy atom. The van der Waals surface area contributed by atoms with Gasteiger partial charge in [-0.3, -0.25) is 14.9 Å². The normalized spacial score (nSPS) is 10.1. The summed E-state index contributed by atoms with van der Waals surface area (Å²) in [6.07, 6.45) is 0.